The van der Waals surface area contributed by atoms with Crippen LogP contribution < -0.4 is 52.4 Å². The Hall–Kier alpha value is -10.1. The number of hydrogen-bond donors (Lipinski definition) is 0. The van der Waals surface area contributed by atoms with E-state index in [0.29, 0.717) is 0 Å². The van der Waals surface area contributed by atoms with E-state index in [1.807, 2.05) is 23.5 Å². The number of hydrogen-bond acceptors (Lipinski definition) is 6. The highest BCUT2D eigenvalue weighted by atomic mass is 32.2. The molecule has 0 unspecified atom stereocenters. The molecule has 0 saturated carbocycles. The van der Waals surface area contributed by atoms with Crippen LogP contribution in [0.1, 0.15) is 0 Å². The van der Waals surface area contributed by atoms with Gasteiger partial charge in [-0.15, -0.1) is 0 Å². The zero-order valence-electron chi connectivity index (χ0n) is 46.8. The average molecular weight is 1130 g/mol. The topological polar surface area (TPSA) is 13.0 Å². The van der Waals surface area contributed by atoms with Crippen LogP contribution in [0.5, 0.6) is 0 Å². The Bertz CT molecular complexity index is 4380. The van der Waals surface area contributed by atoms with Gasteiger partial charge in [0.05, 0.1) is 11.4 Å². The molecule has 0 N–H and O–H groups in total. The molecular weight excluding hydrogens is 1080 g/mol. The van der Waals surface area contributed by atoms with Crippen molar-refractivity contribution in [3.63, 3.8) is 0 Å². The van der Waals surface area contributed by atoms with Gasteiger partial charge in [-0.3, -0.25) is 0 Å². The lowest BCUT2D eigenvalue weighted by Gasteiger charge is -2.48. The summed E-state index contributed by atoms with van der Waals surface area (Å²) in [5.74, 6) is 0. The molecule has 0 spiro atoms. The Kier molecular flexibility index (Phi) is 12.2. The third-order valence-electron chi connectivity index (χ3n) is 17.4. The van der Waals surface area contributed by atoms with E-state index >= 15 is 0 Å². The first-order chi connectivity index (χ1) is 42.7. The average Bonchev–Trinajstić information content (AvgIpc) is 0.692. The number of nitrogens with zero attached hydrogens (tertiary/aromatic N) is 4. The van der Waals surface area contributed by atoms with E-state index in [1.54, 1.807) is 0 Å². The summed E-state index contributed by atoms with van der Waals surface area (Å²) < 4.78 is 0. The van der Waals surface area contributed by atoms with Crippen LogP contribution in [0.2, 0.25) is 0 Å². The van der Waals surface area contributed by atoms with Gasteiger partial charge in [0.1, 0.15) is 0 Å². The third kappa shape index (κ3) is 8.12. The van der Waals surface area contributed by atoms with E-state index in [-0.39, 0.29) is 13.4 Å². The summed E-state index contributed by atoms with van der Waals surface area (Å²) >= 11 is 3.80. The van der Waals surface area contributed by atoms with Crippen LogP contribution in [-0.4, -0.2) is 13.4 Å². The van der Waals surface area contributed by atoms with Crippen LogP contribution in [-0.2, 0) is 0 Å². The minimum Gasteiger partial charge on any atom is -0.311 e. The van der Waals surface area contributed by atoms with Crippen LogP contribution in [0, 0.1) is 0 Å². The van der Waals surface area contributed by atoms with Gasteiger partial charge in [0, 0.05) is 82.0 Å². The summed E-state index contributed by atoms with van der Waals surface area (Å²) in [6.07, 6.45) is 0. The lowest BCUT2D eigenvalue weighted by Crippen LogP contribution is -2.65. The smallest absolute Gasteiger partial charge is 0.250 e. The maximum atomic E-state index is 2.66. The van der Waals surface area contributed by atoms with Crippen LogP contribution in [0.3, 0.4) is 0 Å². The number of anilines is 12. The molecule has 0 saturated heterocycles. The molecule has 0 bridgehead atoms. The van der Waals surface area contributed by atoms with Gasteiger partial charge in [0.15, 0.2) is 0 Å². The maximum absolute atomic E-state index is 2.66. The lowest BCUT2D eigenvalue weighted by atomic mass is 9.29. The van der Waals surface area contributed by atoms with Gasteiger partial charge in [-0.25, -0.2) is 0 Å². The highest BCUT2D eigenvalue weighted by molar-refractivity contribution is 8.00. The van der Waals surface area contributed by atoms with Gasteiger partial charge < -0.3 is 19.6 Å². The van der Waals surface area contributed by atoms with Gasteiger partial charge in [0.25, 0.3) is 0 Å². The zero-order valence-corrected chi connectivity index (χ0v) is 48.4. The van der Waals surface area contributed by atoms with E-state index in [1.165, 1.54) is 80.4 Å². The summed E-state index contributed by atoms with van der Waals surface area (Å²) in [5, 5.41) is 0. The van der Waals surface area contributed by atoms with E-state index in [2.05, 4.69) is 335 Å². The fraction of sp³-hybridized carbons (Fsp3) is 0. The van der Waals surface area contributed by atoms with Gasteiger partial charge >= 0.3 is 0 Å². The third-order valence-corrected chi connectivity index (χ3v) is 19.7. The number of fused-ring (bicyclic) bond motifs is 8. The molecule has 0 fully saturated rings. The van der Waals surface area contributed by atoms with Gasteiger partial charge in [-0.1, -0.05) is 241 Å². The van der Waals surface area contributed by atoms with Crippen molar-refractivity contribution in [3.05, 3.63) is 315 Å². The van der Waals surface area contributed by atoms with Crippen LogP contribution in [0.25, 0.3) is 22.3 Å². The summed E-state index contributed by atoms with van der Waals surface area (Å²) in [6, 6.07) is 117. The second-order valence-corrected chi connectivity index (χ2v) is 24.4. The summed E-state index contributed by atoms with van der Waals surface area (Å²) in [7, 11) is 0. The molecule has 0 aliphatic carbocycles. The van der Waals surface area contributed by atoms with Crippen molar-refractivity contribution in [3.8, 4) is 22.3 Å². The molecule has 4 nitrogen and oxygen atoms in total. The van der Waals surface area contributed by atoms with E-state index in [4.69, 9.17) is 0 Å². The van der Waals surface area contributed by atoms with Crippen LogP contribution >= 0.6 is 23.5 Å². The highest BCUT2D eigenvalue weighted by Gasteiger charge is 2.51. The molecular formula is C78H52B2N4S2. The molecule has 402 valence electrons. The molecule has 0 aromatic heterocycles. The quantitative estimate of drug-likeness (QED) is 0.126. The molecule has 13 aromatic carbocycles. The van der Waals surface area contributed by atoms with Crippen LogP contribution in [0.4, 0.5) is 68.2 Å². The minimum absolute atomic E-state index is 0.168. The van der Waals surface area contributed by atoms with Crippen molar-refractivity contribution in [2.45, 2.75) is 19.6 Å². The predicted octanol–water partition coefficient (Wildman–Crippen LogP) is 17.5. The standard InChI is InChI=1S/C78H52B2N4S2/c1-9-29-53(30-10-1)71-75-77(83(59-41-21-7-22-42-59)65-49-61(51-69-73(65)79(75)63-45-25-27-47-67(63)85-69)81(55-33-13-3-14-34-55)56-35-15-4-16-36-56)72(54-31-11-2-12-32-54)78-76(71)80-64-46-26-28-48-68(64)86-70-52-62(50-66(74(70)80)84(78)60-43-23-8-24-44-60)82(57-37-17-5-18-38-57)58-39-19-6-20-40-58/h1-52H. The van der Waals surface area contributed by atoms with Crippen molar-refractivity contribution in [1.29, 1.82) is 0 Å². The molecule has 4 aliphatic heterocycles. The molecule has 86 heavy (non-hydrogen) atoms. The fourth-order valence-corrected chi connectivity index (χ4v) is 16.5. The molecule has 0 radical (unpaired) electrons. The van der Waals surface area contributed by atoms with E-state index in [9.17, 15) is 0 Å². The molecule has 17 rings (SSSR count). The largest absolute Gasteiger partial charge is 0.311 e. The molecule has 13 aromatic rings. The van der Waals surface area contributed by atoms with E-state index < -0.39 is 0 Å². The SMILES string of the molecule is c1ccc(-c2c3c(c(-c4ccccc4)c4c2B2c5ccccc5Sc5cc(N(c6ccccc6)c6ccccc6)cc(c52)N4c2ccccc2)N(c2ccccc2)c2cc(N(c4ccccc4)c4ccccc4)cc4c2B3c2ccccc2S4)cc1. The first-order valence-electron chi connectivity index (χ1n) is 29.5. The normalized spacial score (nSPS) is 12.9. The fourth-order valence-electron chi connectivity index (χ4n) is 14.1. The summed E-state index contributed by atoms with van der Waals surface area (Å²) in [6.45, 7) is -0.337. The minimum atomic E-state index is -0.168. The van der Waals surface area contributed by atoms with Crippen molar-refractivity contribution in [2.24, 2.45) is 0 Å². The Morgan fingerprint density at radius 2 is 0.558 bits per heavy atom. The Labute approximate surface area is 511 Å². The first-order valence-corrected chi connectivity index (χ1v) is 31.1. The van der Waals surface area contributed by atoms with Crippen LogP contribution in [0.15, 0.2) is 335 Å². The van der Waals surface area contributed by atoms with Gasteiger partial charge in [-0.05, 0) is 148 Å². The lowest BCUT2D eigenvalue weighted by molar-refractivity contribution is 1.21. The molecule has 4 heterocycles. The maximum Gasteiger partial charge on any atom is 0.250 e. The molecule has 0 atom stereocenters. The predicted molar refractivity (Wildman–Crippen MR) is 366 cm³/mol. The van der Waals surface area contributed by atoms with Crippen molar-refractivity contribution >= 4 is 138 Å². The Morgan fingerprint density at radius 3 is 0.919 bits per heavy atom. The number of benzene rings is 13. The molecule has 4 aliphatic rings. The second-order valence-electron chi connectivity index (χ2n) is 22.3. The Morgan fingerprint density at radius 1 is 0.256 bits per heavy atom. The van der Waals surface area contributed by atoms with Crippen molar-refractivity contribution in [2.75, 3.05) is 19.6 Å². The first kappa shape index (κ1) is 50.4. The van der Waals surface area contributed by atoms with E-state index in [0.717, 1.165) is 62.4 Å². The summed E-state index contributed by atoms with van der Waals surface area (Å²) in [5.41, 5.74) is 26.0. The number of rotatable bonds is 10. The second kappa shape index (κ2) is 20.9. The van der Waals surface area contributed by atoms with Gasteiger partial charge in [-0.2, -0.15) is 0 Å². The zero-order chi connectivity index (χ0) is 56.7. The highest BCUT2D eigenvalue weighted by Crippen LogP contribution is 2.56. The molecule has 0 amide bonds. The van der Waals surface area contributed by atoms with Crippen molar-refractivity contribution < 1.29 is 0 Å². The number of para-hydroxylation sites is 6. The Balaban J connectivity index is 1.07. The summed E-state index contributed by atoms with van der Waals surface area (Å²) in [4.78, 5) is 15.2. The monoisotopic (exact) mass is 1130 g/mol. The molecule has 8 heteroatoms. The van der Waals surface area contributed by atoms with Crippen molar-refractivity contribution in [1.82, 2.24) is 0 Å². The van der Waals surface area contributed by atoms with Gasteiger partial charge in [0.2, 0.25) is 13.4 Å².